The molecule has 0 saturated carbocycles. The van der Waals surface area contributed by atoms with Crippen molar-refractivity contribution in [2.24, 2.45) is 0 Å². The maximum Gasteiger partial charge on any atom is 0.340 e. The predicted octanol–water partition coefficient (Wildman–Crippen LogP) is 5.39. The number of hydrogen-bond acceptors (Lipinski definition) is 4. The first-order valence-electron chi connectivity index (χ1n) is 6.97. The van der Waals surface area contributed by atoms with Crippen LogP contribution in [0, 0.1) is 11.6 Å². The van der Waals surface area contributed by atoms with Gasteiger partial charge in [0.05, 0.1) is 16.1 Å². The number of nitrogens with zero attached hydrogens (tertiary/aromatic N) is 1. The van der Waals surface area contributed by atoms with Gasteiger partial charge in [-0.2, -0.15) is 0 Å². The normalized spacial score (nSPS) is 10.7. The molecule has 0 amide bonds. The van der Waals surface area contributed by atoms with Crippen molar-refractivity contribution in [3.63, 3.8) is 0 Å². The molecule has 0 saturated heterocycles. The van der Waals surface area contributed by atoms with Crippen LogP contribution in [0.2, 0.25) is 5.02 Å². The fraction of sp³-hybridized carbons (Fsp3) is 0.0588. The molecule has 1 aromatic heterocycles. The van der Waals surface area contributed by atoms with Gasteiger partial charge in [-0.05, 0) is 30.3 Å². The molecule has 0 spiro atoms. The van der Waals surface area contributed by atoms with E-state index in [4.69, 9.17) is 20.9 Å². The van der Waals surface area contributed by atoms with E-state index < -0.39 is 17.6 Å². The summed E-state index contributed by atoms with van der Waals surface area (Å²) in [7, 11) is 0. The maximum atomic E-state index is 13.7. The molecule has 0 fully saturated rings. The highest BCUT2D eigenvalue weighted by atomic mass is 79.9. The average molecular weight is 429 g/mol. The lowest BCUT2D eigenvalue weighted by Gasteiger charge is -2.04. The molecule has 0 atom stereocenters. The van der Waals surface area contributed by atoms with Crippen LogP contribution in [-0.4, -0.2) is 11.1 Å². The fourth-order valence-corrected chi connectivity index (χ4v) is 2.62. The summed E-state index contributed by atoms with van der Waals surface area (Å²) in [5.41, 5.74) is 0.532. The molecule has 0 bridgehead atoms. The molecule has 25 heavy (non-hydrogen) atoms. The van der Waals surface area contributed by atoms with E-state index in [1.165, 1.54) is 18.2 Å². The first-order valence-corrected chi connectivity index (χ1v) is 8.14. The number of esters is 1. The summed E-state index contributed by atoms with van der Waals surface area (Å²) >= 11 is 9.20. The third-order valence-corrected chi connectivity index (χ3v) is 4.08. The van der Waals surface area contributed by atoms with Crippen molar-refractivity contribution in [1.82, 2.24) is 5.16 Å². The average Bonchev–Trinajstić information content (AvgIpc) is 3.03. The second kappa shape index (κ2) is 7.33. The molecule has 0 radical (unpaired) electrons. The molecule has 1 heterocycles. The summed E-state index contributed by atoms with van der Waals surface area (Å²) < 4.78 is 37.5. The topological polar surface area (TPSA) is 52.3 Å². The monoisotopic (exact) mass is 427 g/mol. The fourth-order valence-electron chi connectivity index (χ4n) is 2.07. The first kappa shape index (κ1) is 17.6. The van der Waals surface area contributed by atoms with Crippen molar-refractivity contribution in [2.45, 2.75) is 6.61 Å². The van der Waals surface area contributed by atoms with Gasteiger partial charge in [-0.25, -0.2) is 13.6 Å². The van der Waals surface area contributed by atoms with Crippen LogP contribution in [0.5, 0.6) is 0 Å². The quantitative estimate of drug-likeness (QED) is 0.523. The highest BCUT2D eigenvalue weighted by Gasteiger charge is 2.16. The third-order valence-electron chi connectivity index (χ3n) is 3.26. The lowest BCUT2D eigenvalue weighted by atomic mass is 10.1. The van der Waals surface area contributed by atoms with E-state index >= 15 is 0 Å². The number of aromatic nitrogens is 1. The zero-order valence-electron chi connectivity index (χ0n) is 12.4. The lowest BCUT2D eigenvalue weighted by molar-refractivity contribution is 0.0464. The summed E-state index contributed by atoms with van der Waals surface area (Å²) in [5, 5.41) is 3.96. The van der Waals surface area contributed by atoms with Gasteiger partial charge in [0, 0.05) is 16.6 Å². The third kappa shape index (κ3) is 4.05. The van der Waals surface area contributed by atoms with Crippen LogP contribution in [0.15, 0.2) is 51.5 Å². The number of benzene rings is 2. The Morgan fingerprint density at radius 2 is 2.00 bits per heavy atom. The van der Waals surface area contributed by atoms with Crippen molar-refractivity contribution in [2.75, 3.05) is 0 Å². The summed E-state index contributed by atoms with van der Waals surface area (Å²) in [5.74, 6) is -2.01. The van der Waals surface area contributed by atoms with Gasteiger partial charge in [-0.3, -0.25) is 0 Å². The molecule has 0 aliphatic heterocycles. The van der Waals surface area contributed by atoms with Gasteiger partial charge in [0.2, 0.25) is 0 Å². The summed E-state index contributed by atoms with van der Waals surface area (Å²) in [6, 6.07) is 9.29. The van der Waals surface area contributed by atoms with Gasteiger partial charge < -0.3 is 9.26 Å². The first-order chi connectivity index (χ1) is 11.9. The van der Waals surface area contributed by atoms with E-state index in [2.05, 4.69) is 21.1 Å². The Hall–Kier alpha value is -2.25. The summed E-state index contributed by atoms with van der Waals surface area (Å²) in [6.07, 6.45) is 0. The van der Waals surface area contributed by atoms with Crippen LogP contribution in [0.1, 0.15) is 16.1 Å². The van der Waals surface area contributed by atoms with E-state index in [9.17, 15) is 13.6 Å². The second-order valence-electron chi connectivity index (χ2n) is 5.01. The van der Waals surface area contributed by atoms with E-state index in [1.807, 2.05) is 0 Å². The standard InChI is InChI=1S/C17H9BrClF2NO3/c18-9-1-4-14(19)13(5-9)17(23)24-8-11-7-16(25-22-11)12-3-2-10(20)6-15(12)21/h1-7H,8H2. The van der Waals surface area contributed by atoms with Gasteiger partial charge in [0.25, 0.3) is 0 Å². The van der Waals surface area contributed by atoms with Crippen molar-refractivity contribution >= 4 is 33.5 Å². The summed E-state index contributed by atoms with van der Waals surface area (Å²) in [4.78, 5) is 12.1. The van der Waals surface area contributed by atoms with E-state index in [1.54, 1.807) is 12.1 Å². The van der Waals surface area contributed by atoms with Crippen LogP contribution in [0.3, 0.4) is 0 Å². The molecule has 2 aromatic carbocycles. The number of halogens is 4. The number of carbonyl (C=O) groups excluding carboxylic acids is 1. The van der Waals surface area contributed by atoms with Gasteiger partial charge in [-0.15, -0.1) is 0 Å². The van der Waals surface area contributed by atoms with Gasteiger partial charge >= 0.3 is 5.97 Å². The summed E-state index contributed by atoms with van der Waals surface area (Å²) in [6.45, 7) is -0.187. The molecule has 0 unspecified atom stereocenters. The number of carbonyl (C=O) groups is 1. The Labute approximate surface area is 154 Å². The number of ether oxygens (including phenoxy) is 1. The van der Waals surface area contributed by atoms with Crippen LogP contribution in [-0.2, 0) is 11.3 Å². The largest absolute Gasteiger partial charge is 0.455 e. The van der Waals surface area contributed by atoms with Crippen molar-refractivity contribution in [1.29, 1.82) is 0 Å². The predicted molar refractivity (Wildman–Crippen MR) is 90.1 cm³/mol. The van der Waals surface area contributed by atoms with Crippen LogP contribution < -0.4 is 0 Å². The smallest absolute Gasteiger partial charge is 0.340 e. The maximum absolute atomic E-state index is 13.7. The minimum absolute atomic E-state index is 0.0570. The molecule has 0 N–H and O–H groups in total. The lowest BCUT2D eigenvalue weighted by Crippen LogP contribution is -2.06. The second-order valence-corrected chi connectivity index (χ2v) is 6.33. The van der Waals surface area contributed by atoms with Crippen molar-refractivity contribution in [3.05, 3.63) is 74.9 Å². The Kier molecular flexibility index (Phi) is 5.15. The van der Waals surface area contributed by atoms with Crippen molar-refractivity contribution in [3.8, 4) is 11.3 Å². The minimum atomic E-state index is -0.777. The van der Waals surface area contributed by atoms with E-state index in [0.29, 0.717) is 4.47 Å². The van der Waals surface area contributed by atoms with Crippen LogP contribution in [0.4, 0.5) is 8.78 Å². The molecular weight excluding hydrogens is 420 g/mol. The molecule has 3 rings (SSSR count). The molecule has 0 aliphatic rings. The Morgan fingerprint density at radius 1 is 1.20 bits per heavy atom. The van der Waals surface area contributed by atoms with Gasteiger partial charge in [0.15, 0.2) is 5.76 Å². The molecular formula is C17H9BrClF2NO3. The molecule has 3 aromatic rings. The Balaban J connectivity index is 1.71. The molecule has 4 nitrogen and oxygen atoms in total. The number of rotatable bonds is 4. The highest BCUT2D eigenvalue weighted by Crippen LogP contribution is 2.25. The highest BCUT2D eigenvalue weighted by molar-refractivity contribution is 9.10. The molecule has 128 valence electrons. The Morgan fingerprint density at radius 3 is 2.76 bits per heavy atom. The number of hydrogen-bond donors (Lipinski definition) is 0. The van der Waals surface area contributed by atoms with Gasteiger partial charge in [0.1, 0.15) is 23.9 Å². The minimum Gasteiger partial charge on any atom is -0.455 e. The molecule has 0 aliphatic carbocycles. The van der Waals surface area contributed by atoms with Crippen LogP contribution in [0.25, 0.3) is 11.3 Å². The molecule has 8 heteroatoms. The van der Waals surface area contributed by atoms with E-state index in [-0.39, 0.29) is 34.2 Å². The SMILES string of the molecule is O=C(OCc1cc(-c2ccc(F)cc2F)on1)c1cc(Br)ccc1Cl. The Bertz CT molecular complexity index is 945. The van der Waals surface area contributed by atoms with Crippen LogP contribution >= 0.6 is 27.5 Å². The van der Waals surface area contributed by atoms with Gasteiger partial charge in [-0.1, -0.05) is 32.7 Å². The van der Waals surface area contributed by atoms with Crippen molar-refractivity contribution < 1.29 is 22.8 Å². The van der Waals surface area contributed by atoms with E-state index in [0.717, 1.165) is 12.1 Å². The zero-order chi connectivity index (χ0) is 18.0. The zero-order valence-corrected chi connectivity index (χ0v) is 14.8.